The molecule has 0 heterocycles. The minimum absolute atomic E-state index is 0.108. The first-order valence-corrected chi connectivity index (χ1v) is 11.2. The molecule has 0 bridgehead atoms. The number of unbranched alkanes of at least 4 members (excludes halogenated alkanes) is 4. The normalized spacial score (nSPS) is 15.1. The summed E-state index contributed by atoms with van der Waals surface area (Å²) < 4.78 is 5.21. The second-order valence-corrected chi connectivity index (χ2v) is 9.47. The molecule has 1 aromatic carbocycles. The minimum atomic E-state index is -0.704. The third-order valence-electron chi connectivity index (χ3n) is 6.44. The van der Waals surface area contributed by atoms with E-state index in [2.05, 4.69) is 25.1 Å². The Morgan fingerprint density at radius 1 is 1.10 bits per heavy atom. The van der Waals surface area contributed by atoms with Crippen LogP contribution < -0.4 is 0 Å². The number of carbonyl (C=O) groups is 2. The van der Waals surface area contributed by atoms with E-state index in [1.807, 2.05) is 0 Å². The highest BCUT2D eigenvalue weighted by Crippen LogP contribution is 2.43. The number of carboxylic acids is 1. The molecule has 0 amide bonds. The Bertz CT molecular complexity index is 673. The van der Waals surface area contributed by atoms with Gasteiger partial charge in [-0.15, -0.1) is 0 Å². The smallest absolute Gasteiger partial charge is 0.309 e. The van der Waals surface area contributed by atoms with Gasteiger partial charge < -0.3 is 9.84 Å². The number of benzene rings is 1. The van der Waals surface area contributed by atoms with E-state index in [0.29, 0.717) is 6.47 Å². The van der Waals surface area contributed by atoms with Crippen LogP contribution >= 0.6 is 0 Å². The van der Waals surface area contributed by atoms with Gasteiger partial charge in [-0.05, 0) is 95.2 Å². The molecule has 1 aliphatic rings. The summed E-state index contributed by atoms with van der Waals surface area (Å²) in [7, 11) is 0. The highest BCUT2D eigenvalue weighted by atomic mass is 16.5. The summed E-state index contributed by atoms with van der Waals surface area (Å²) in [6.45, 7) is 6.42. The molecule has 4 nitrogen and oxygen atoms in total. The van der Waals surface area contributed by atoms with Crippen LogP contribution in [0.2, 0.25) is 0 Å². The van der Waals surface area contributed by atoms with Crippen LogP contribution in [0.5, 0.6) is 0 Å². The van der Waals surface area contributed by atoms with Crippen molar-refractivity contribution < 1.29 is 19.4 Å². The van der Waals surface area contributed by atoms with E-state index in [4.69, 9.17) is 9.84 Å². The summed E-state index contributed by atoms with van der Waals surface area (Å²) in [4.78, 5) is 21.7. The topological polar surface area (TPSA) is 63.6 Å². The first kappa shape index (κ1) is 23.4. The monoisotopic (exact) mass is 402 g/mol. The van der Waals surface area contributed by atoms with Crippen molar-refractivity contribution in [1.29, 1.82) is 0 Å². The maximum atomic E-state index is 11.1. The van der Waals surface area contributed by atoms with Gasteiger partial charge in [0, 0.05) is 0 Å². The average molecular weight is 403 g/mol. The Morgan fingerprint density at radius 2 is 1.79 bits per heavy atom. The van der Waals surface area contributed by atoms with Gasteiger partial charge in [0.05, 0.1) is 5.41 Å². The van der Waals surface area contributed by atoms with Gasteiger partial charge in [-0.1, -0.05) is 37.5 Å². The third kappa shape index (κ3) is 7.83. The van der Waals surface area contributed by atoms with E-state index < -0.39 is 11.4 Å². The van der Waals surface area contributed by atoms with Gasteiger partial charge in [0.2, 0.25) is 0 Å². The highest BCUT2D eigenvalue weighted by Gasteiger charge is 2.44. The maximum Gasteiger partial charge on any atom is 0.309 e. The van der Waals surface area contributed by atoms with Gasteiger partial charge in [-0.2, -0.15) is 0 Å². The number of ether oxygens (including phenoxy) is 1. The van der Waals surface area contributed by atoms with Crippen LogP contribution in [0.4, 0.5) is 0 Å². The number of rotatable bonds is 15. The van der Waals surface area contributed by atoms with Crippen molar-refractivity contribution in [2.24, 2.45) is 5.41 Å². The Labute approximate surface area is 176 Å². The molecule has 1 N–H and O–H groups in total. The summed E-state index contributed by atoms with van der Waals surface area (Å²) in [6, 6.07) is 6.84. The number of carboxylic acid groups (broad SMARTS) is 1. The predicted octanol–water partition coefficient (Wildman–Crippen LogP) is 6.02. The summed E-state index contributed by atoms with van der Waals surface area (Å²) in [6.07, 6.45) is 12.6. The molecule has 0 atom stereocenters. The van der Waals surface area contributed by atoms with E-state index in [9.17, 15) is 9.59 Å². The summed E-state index contributed by atoms with van der Waals surface area (Å²) in [5.74, 6) is -0.704. The molecule has 29 heavy (non-hydrogen) atoms. The fourth-order valence-electron chi connectivity index (χ4n) is 3.98. The van der Waals surface area contributed by atoms with E-state index in [-0.39, 0.29) is 5.60 Å². The van der Waals surface area contributed by atoms with Crippen LogP contribution in [0, 0.1) is 12.3 Å². The molecule has 1 fully saturated rings. The molecule has 1 aliphatic carbocycles. The number of hydrogen-bond donors (Lipinski definition) is 1. The Balaban J connectivity index is 1.62. The maximum absolute atomic E-state index is 11.1. The van der Waals surface area contributed by atoms with Crippen LogP contribution in [-0.4, -0.2) is 23.1 Å². The Hall–Kier alpha value is -1.84. The van der Waals surface area contributed by atoms with E-state index in [1.54, 1.807) is 13.8 Å². The third-order valence-corrected chi connectivity index (χ3v) is 6.44. The number of aliphatic carboxylic acids is 1. The standard InChI is InChI=1S/C25H38O4/c1-20-18-21(10-6-4-8-14-24(2,3)23(27)28)12-13-22(20)11-7-5-9-15-25(16-17-25)29-19-26/h12-13,18-19H,4-11,14-17H2,1-3H3,(H,27,28). The van der Waals surface area contributed by atoms with Gasteiger partial charge in [0.15, 0.2) is 0 Å². The zero-order valence-electron chi connectivity index (χ0n) is 18.5. The zero-order chi connectivity index (χ0) is 21.3. The predicted molar refractivity (Wildman–Crippen MR) is 116 cm³/mol. The summed E-state index contributed by atoms with van der Waals surface area (Å²) in [5.41, 5.74) is 3.46. The lowest BCUT2D eigenvalue weighted by molar-refractivity contribution is -0.147. The second-order valence-electron chi connectivity index (χ2n) is 9.47. The summed E-state index contributed by atoms with van der Waals surface area (Å²) >= 11 is 0. The van der Waals surface area contributed by atoms with Crippen LogP contribution in [0.3, 0.4) is 0 Å². The number of carbonyl (C=O) groups excluding carboxylic acids is 1. The molecule has 0 radical (unpaired) electrons. The van der Waals surface area contributed by atoms with Crippen molar-refractivity contribution in [3.8, 4) is 0 Å². The lowest BCUT2D eigenvalue weighted by Gasteiger charge is -2.18. The number of hydrogen-bond acceptors (Lipinski definition) is 3. The molecule has 1 saturated carbocycles. The molecule has 0 aliphatic heterocycles. The van der Waals surface area contributed by atoms with Gasteiger partial charge in [0.1, 0.15) is 5.60 Å². The Kier molecular flexibility index (Phi) is 8.73. The van der Waals surface area contributed by atoms with Crippen molar-refractivity contribution in [1.82, 2.24) is 0 Å². The molecular weight excluding hydrogens is 364 g/mol. The molecule has 0 unspecified atom stereocenters. The molecule has 0 spiro atoms. The van der Waals surface area contributed by atoms with Gasteiger partial charge in [-0.3, -0.25) is 9.59 Å². The molecule has 0 saturated heterocycles. The fraction of sp³-hybridized carbons (Fsp3) is 0.680. The molecule has 2 rings (SSSR count). The van der Waals surface area contributed by atoms with Crippen molar-refractivity contribution >= 4 is 12.4 Å². The van der Waals surface area contributed by atoms with Crippen molar-refractivity contribution in [2.45, 2.75) is 103 Å². The van der Waals surface area contributed by atoms with Crippen molar-refractivity contribution in [3.63, 3.8) is 0 Å². The van der Waals surface area contributed by atoms with E-state index in [1.165, 1.54) is 29.5 Å². The van der Waals surface area contributed by atoms with E-state index >= 15 is 0 Å². The van der Waals surface area contributed by atoms with Crippen LogP contribution in [0.25, 0.3) is 0 Å². The highest BCUT2D eigenvalue weighted by molar-refractivity contribution is 5.73. The lowest BCUT2D eigenvalue weighted by atomic mass is 9.87. The second kappa shape index (κ2) is 10.8. The Morgan fingerprint density at radius 3 is 2.41 bits per heavy atom. The summed E-state index contributed by atoms with van der Waals surface area (Å²) in [5, 5.41) is 9.17. The molecule has 1 aromatic rings. The first-order valence-electron chi connectivity index (χ1n) is 11.2. The van der Waals surface area contributed by atoms with Gasteiger partial charge in [0.25, 0.3) is 6.47 Å². The SMILES string of the molecule is Cc1cc(CCCCCC(C)(C)C(=O)O)ccc1CCCCCC1(OC=O)CC1. The van der Waals surface area contributed by atoms with Crippen molar-refractivity contribution in [3.05, 3.63) is 34.9 Å². The van der Waals surface area contributed by atoms with Crippen LogP contribution in [0.1, 0.15) is 94.7 Å². The number of aryl methyl sites for hydroxylation is 3. The van der Waals surface area contributed by atoms with Crippen molar-refractivity contribution in [2.75, 3.05) is 0 Å². The van der Waals surface area contributed by atoms with Crippen LogP contribution in [-0.2, 0) is 27.2 Å². The van der Waals surface area contributed by atoms with Gasteiger partial charge >= 0.3 is 5.97 Å². The quantitative estimate of drug-likeness (QED) is 0.288. The first-order chi connectivity index (χ1) is 13.8. The van der Waals surface area contributed by atoms with E-state index in [0.717, 1.165) is 64.2 Å². The largest absolute Gasteiger partial charge is 0.481 e. The lowest BCUT2D eigenvalue weighted by Crippen LogP contribution is -2.23. The fourth-order valence-corrected chi connectivity index (χ4v) is 3.98. The van der Waals surface area contributed by atoms with Crippen LogP contribution in [0.15, 0.2) is 18.2 Å². The minimum Gasteiger partial charge on any atom is -0.481 e. The average Bonchev–Trinajstić information content (AvgIpc) is 3.42. The zero-order valence-corrected chi connectivity index (χ0v) is 18.5. The van der Waals surface area contributed by atoms with Gasteiger partial charge in [-0.25, -0.2) is 0 Å². The molecule has 0 aromatic heterocycles. The molecule has 162 valence electrons. The molecular formula is C25H38O4. The molecule has 4 heteroatoms.